The van der Waals surface area contributed by atoms with Crippen LogP contribution >= 0.6 is 0 Å². The van der Waals surface area contributed by atoms with Crippen LogP contribution in [0.15, 0.2) is 30.3 Å². The Balaban J connectivity index is 1.32. The van der Waals surface area contributed by atoms with E-state index in [-0.39, 0.29) is 41.4 Å². The monoisotopic (exact) mass is 511 g/mol. The Hall–Kier alpha value is -2.69. The van der Waals surface area contributed by atoms with Gasteiger partial charge in [0.2, 0.25) is 5.91 Å². The van der Waals surface area contributed by atoms with Crippen molar-refractivity contribution in [2.24, 2.45) is 23.2 Å². The number of hydroxylamine groups is 1. The van der Waals surface area contributed by atoms with Crippen LogP contribution in [0.5, 0.6) is 0 Å². The lowest BCUT2D eigenvalue weighted by Crippen LogP contribution is -2.63. The summed E-state index contributed by atoms with van der Waals surface area (Å²) in [5, 5.41) is 14.2. The maximum Gasteiger partial charge on any atom is 0.481 e. The second-order valence-electron chi connectivity index (χ2n) is 11.8. The Morgan fingerprint density at radius 2 is 1.89 bits per heavy atom. The summed E-state index contributed by atoms with van der Waals surface area (Å²) in [6.07, 6.45) is 5.55. The molecule has 5 rings (SSSR count). The van der Waals surface area contributed by atoms with Gasteiger partial charge in [0.15, 0.2) is 0 Å². The van der Waals surface area contributed by atoms with E-state index in [1.165, 1.54) is 24.1 Å². The second-order valence-corrected chi connectivity index (χ2v) is 11.8. The van der Waals surface area contributed by atoms with Crippen molar-refractivity contribution >= 4 is 30.9 Å². The van der Waals surface area contributed by atoms with Gasteiger partial charge >= 0.3 is 7.12 Å². The van der Waals surface area contributed by atoms with Crippen LogP contribution in [0.25, 0.3) is 6.08 Å². The van der Waals surface area contributed by atoms with Gasteiger partial charge in [0.05, 0.1) is 24.2 Å². The van der Waals surface area contributed by atoms with Crippen molar-refractivity contribution in [1.29, 1.82) is 0 Å². The number of amides is 3. The van der Waals surface area contributed by atoms with E-state index in [1.54, 1.807) is 24.3 Å². The fourth-order valence-electron chi connectivity index (χ4n) is 6.14. The van der Waals surface area contributed by atoms with Gasteiger partial charge in [-0.15, -0.1) is 0 Å². The maximum absolute atomic E-state index is 12.8. The molecule has 9 nitrogen and oxygen atoms in total. The van der Waals surface area contributed by atoms with E-state index in [4.69, 9.17) is 14.5 Å². The number of hydrogen-bond donors (Lipinski definition) is 4. The number of nitrogens with one attached hydrogen (secondary N) is 3. The molecule has 0 radical (unpaired) electrons. The first-order valence-electron chi connectivity index (χ1n) is 13.1. The summed E-state index contributed by atoms with van der Waals surface area (Å²) in [4.78, 5) is 36.5. The number of carbonyl (C=O) groups excluding carboxylic acids is 3. The molecule has 3 amide bonds. The summed E-state index contributed by atoms with van der Waals surface area (Å²) in [5.41, 5.74) is 2.51. The van der Waals surface area contributed by atoms with E-state index in [0.29, 0.717) is 35.3 Å². The SMILES string of the molecule is CC(C)C[C@H](NC(=O)CNC(=O)c1ccc(/C=C/C(=O)NO)cc1)B1OC2C3CC(C[C@]2(C)O1)C3(C)C. The topological polar surface area (TPSA) is 126 Å². The summed E-state index contributed by atoms with van der Waals surface area (Å²) in [6, 6.07) is 6.52. The van der Waals surface area contributed by atoms with Crippen LogP contribution in [-0.2, 0) is 18.9 Å². The molecule has 1 saturated heterocycles. The van der Waals surface area contributed by atoms with Gasteiger partial charge in [-0.05, 0) is 73.1 Å². The summed E-state index contributed by atoms with van der Waals surface area (Å²) in [5.74, 6) is -0.216. The van der Waals surface area contributed by atoms with Crippen molar-refractivity contribution < 1.29 is 28.9 Å². The molecule has 200 valence electrons. The van der Waals surface area contributed by atoms with Gasteiger partial charge in [-0.3, -0.25) is 19.6 Å². The lowest BCUT2D eigenvalue weighted by Gasteiger charge is -2.63. The Morgan fingerprint density at radius 3 is 2.51 bits per heavy atom. The Morgan fingerprint density at radius 1 is 1.19 bits per heavy atom. The van der Waals surface area contributed by atoms with Crippen LogP contribution in [-0.4, -0.2) is 54.2 Å². The van der Waals surface area contributed by atoms with Gasteiger partial charge in [-0.25, -0.2) is 5.48 Å². The van der Waals surface area contributed by atoms with Crippen molar-refractivity contribution in [1.82, 2.24) is 16.1 Å². The summed E-state index contributed by atoms with van der Waals surface area (Å²) >= 11 is 0. The lowest BCUT2D eigenvalue weighted by molar-refractivity contribution is -0.185. The van der Waals surface area contributed by atoms with E-state index in [2.05, 4.69) is 45.3 Å². The van der Waals surface area contributed by atoms with Gasteiger partial charge in [0.1, 0.15) is 0 Å². The van der Waals surface area contributed by atoms with Gasteiger partial charge in [-0.1, -0.05) is 39.8 Å². The zero-order valence-electron chi connectivity index (χ0n) is 22.2. The minimum absolute atomic E-state index is 0.0274. The molecule has 2 bridgehead atoms. The van der Waals surface area contributed by atoms with Crippen molar-refractivity contribution in [3.63, 3.8) is 0 Å². The largest absolute Gasteiger partial charge is 0.481 e. The minimum atomic E-state index is -0.648. The molecule has 3 unspecified atom stereocenters. The summed E-state index contributed by atoms with van der Waals surface area (Å²) < 4.78 is 13.0. The third-order valence-corrected chi connectivity index (χ3v) is 8.35. The van der Waals surface area contributed by atoms with Gasteiger partial charge in [0.25, 0.3) is 11.8 Å². The number of rotatable bonds is 9. The average Bonchev–Trinajstić information content (AvgIpc) is 3.22. The highest BCUT2D eigenvalue weighted by Gasteiger charge is 2.67. The first kappa shape index (κ1) is 27.4. The van der Waals surface area contributed by atoms with E-state index in [0.717, 1.165) is 6.42 Å². The fourth-order valence-corrected chi connectivity index (χ4v) is 6.14. The molecule has 4 fully saturated rings. The van der Waals surface area contributed by atoms with E-state index >= 15 is 0 Å². The molecule has 3 aliphatic carbocycles. The molecule has 10 heteroatoms. The van der Waals surface area contributed by atoms with Gasteiger partial charge in [-0.2, -0.15) is 0 Å². The lowest BCUT2D eigenvalue weighted by atomic mass is 9.45. The molecule has 1 heterocycles. The average molecular weight is 511 g/mol. The zero-order valence-corrected chi connectivity index (χ0v) is 22.2. The van der Waals surface area contributed by atoms with Crippen LogP contribution < -0.4 is 16.1 Å². The highest BCUT2D eigenvalue weighted by atomic mass is 16.7. The Kier molecular flexibility index (Phi) is 7.83. The standard InChI is InChI=1S/C27H38BN3O6/c1-16(2)12-21(28-36-24-20-13-19(26(20,3)4)14-27(24,5)37-28)30-23(33)15-29-25(34)18-9-6-17(7-10-18)8-11-22(32)31-35/h6-11,16,19-21,24,35H,12-15H2,1-5H3,(H,29,34)(H,30,33)(H,31,32)/b11-8+/t19?,20?,21-,24?,27-/m0/s1. The second kappa shape index (κ2) is 10.6. The van der Waals surface area contributed by atoms with Crippen LogP contribution in [0.1, 0.15) is 69.8 Å². The highest BCUT2D eigenvalue weighted by molar-refractivity contribution is 6.47. The molecule has 0 aromatic heterocycles. The molecule has 4 N–H and O–H groups in total. The number of benzene rings is 1. The Labute approximate surface area is 218 Å². The molecular formula is C27H38BN3O6. The quantitative estimate of drug-likeness (QED) is 0.175. The van der Waals surface area contributed by atoms with Gasteiger partial charge < -0.3 is 19.9 Å². The van der Waals surface area contributed by atoms with Crippen LogP contribution in [0.4, 0.5) is 0 Å². The Bertz CT molecular complexity index is 1060. The van der Waals surface area contributed by atoms with E-state index < -0.39 is 13.0 Å². The smallest absolute Gasteiger partial charge is 0.404 e. The first-order valence-corrected chi connectivity index (χ1v) is 13.1. The molecule has 1 aromatic rings. The van der Waals surface area contributed by atoms with Crippen molar-refractivity contribution in [3.05, 3.63) is 41.5 Å². The zero-order chi connectivity index (χ0) is 27.0. The normalized spacial score (nSPS) is 28.4. The minimum Gasteiger partial charge on any atom is -0.404 e. The highest BCUT2D eigenvalue weighted by Crippen LogP contribution is 2.64. The van der Waals surface area contributed by atoms with Crippen LogP contribution in [0.3, 0.4) is 0 Å². The molecule has 1 aromatic carbocycles. The molecule has 1 aliphatic heterocycles. The number of hydrogen-bond acceptors (Lipinski definition) is 6. The predicted molar refractivity (Wildman–Crippen MR) is 139 cm³/mol. The molecule has 5 atom stereocenters. The fraction of sp³-hybridized carbons (Fsp3) is 0.593. The molecule has 3 saturated carbocycles. The van der Waals surface area contributed by atoms with Crippen LogP contribution in [0, 0.1) is 23.2 Å². The van der Waals surface area contributed by atoms with Crippen molar-refractivity contribution in [2.45, 2.75) is 71.5 Å². The molecular weight excluding hydrogens is 473 g/mol. The third-order valence-electron chi connectivity index (χ3n) is 8.35. The summed E-state index contributed by atoms with van der Waals surface area (Å²) in [6.45, 7) is 10.8. The molecule has 0 spiro atoms. The van der Waals surface area contributed by atoms with Crippen molar-refractivity contribution in [2.75, 3.05) is 6.54 Å². The maximum atomic E-state index is 12.8. The van der Waals surface area contributed by atoms with Crippen LogP contribution in [0.2, 0.25) is 0 Å². The van der Waals surface area contributed by atoms with Crippen molar-refractivity contribution in [3.8, 4) is 0 Å². The van der Waals surface area contributed by atoms with E-state index in [9.17, 15) is 14.4 Å². The molecule has 4 aliphatic rings. The molecule has 37 heavy (non-hydrogen) atoms. The third kappa shape index (κ3) is 5.76. The van der Waals surface area contributed by atoms with Gasteiger partial charge in [0, 0.05) is 11.6 Å². The predicted octanol–water partition coefficient (Wildman–Crippen LogP) is 2.73. The first-order chi connectivity index (χ1) is 17.4. The summed E-state index contributed by atoms with van der Waals surface area (Å²) in [7, 11) is -0.513. The number of carbonyl (C=O) groups is 3. The van der Waals surface area contributed by atoms with E-state index in [1.807, 2.05) is 0 Å².